The van der Waals surface area contributed by atoms with Crippen LogP contribution in [0, 0.1) is 0 Å². The van der Waals surface area contributed by atoms with E-state index >= 15 is 0 Å². The lowest BCUT2D eigenvalue weighted by Crippen LogP contribution is -2.54. The molecule has 0 unspecified atom stereocenters. The Morgan fingerprint density at radius 3 is 2.43 bits per heavy atom. The number of aliphatic imine (C=N–C) groups is 1. The summed E-state index contributed by atoms with van der Waals surface area (Å²) >= 11 is 0. The molecular weight excluding hydrogens is 379 g/mol. The first-order chi connectivity index (χ1) is 9.60. The predicted molar refractivity (Wildman–Crippen MR) is 101 cm³/mol. The summed E-state index contributed by atoms with van der Waals surface area (Å²) in [6.07, 6.45) is 5.02. The van der Waals surface area contributed by atoms with Crippen LogP contribution >= 0.6 is 24.0 Å². The molecule has 1 rings (SSSR count). The molecule has 1 aliphatic rings. The molecule has 6 heteroatoms. The zero-order valence-electron chi connectivity index (χ0n) is 14.1. The Labute approximate surface area is 147 Å². The fraction of sp³-hybridized carbons (Fsp3) is 0.933. The summed E-state index contributed by atoms with van der Waals surface area (Å²) in [5, 5.41) is 6.76. The van der Waals surface area contributed by atoms with Gasteiger partial charge in [0.05, 0.1) is 0 Å². The molecular formula is C15H33IN4O. The number of hydrogen-bond donors (Lipinski definition) is 2. The number of nitrogens with one attached hydrogen (secondary N) is 2. The van der Waals surface area contributed by atoms with Gasteiger partial charge in [-0.2, -0.15) is 0 Å². The Balaban J connectivity index is 0.00000400. The van der Waals surface area contributed by atoms with Crippen molar-refractivity contribution >= 4 is 29.9 Å². The van der Waals surface area contributed by atoms with Crippen LogP contribution in [0.25, 0.3) is 0 Å². The quantitative estimate of drug-likeness (QED) is 0.291. The number of halogens is 1. The monoisotopic (exact) mass is 412 g/mol. The van der Waals surface area contributed by atoms with Gasteiger partial charge < -0.3 is 15.4 Å². The van der Waals surface area contributed by atoms with Gasteiger partial charge in [-0.3, -0.25) is 9.89 Å². The third-order valence-corrected chi connectivity index (χ3v) is 3.94. The van der Waals surface area contributed by atoms with Crippen molar-refractivity contribution in [1.29, 1.82) is 0 Å². The second-order valence-electron chi connectivity index (χ2n) is 6.06. The third-order valence-electron chi connectivity index (χ3n) is 3.94. The SMILES string of the molecule is CN=C(NCCCOC)NCC(C)(C)N1CCCCC1.I. The summed E-state index contributed by atoms with van der Waals surface area (Å²) in [5.74, 6) is 0.881. The van der Waals surface area contributed by atoms with Crippen molar-refractivity contribution in [1.82, 2.24) is 15.5 Å². The van der Waals surface area contributed by atoms with Crippen molar-refractivity contribution in [3.63, 3.8) is 0 Å². The van der Waals surface area contributed by atoms with Crippen molar-refractivity contribution in [3.8, 4) is 0 Å². The number of methoxy groups -OCH3 is 1. The van der Waals surface area contributed by atoms with Crippen molar-refractivity contribution < 1.29 is 4.74 Å². The van der Waals surface area contributed by atoms with Gasteiger partial charge in [-0.25, -0.2) is 0 Å². The van der Waals surface area contributed by atoms with E-state index in [9.17, 15) is 0 Å². The standard InChI is InChI=1S/C15H32N4O.HI/c1-15(2,19-10-6-5-7-11-19)13-18-14(16-3)17-9-8-12-20-4;/h5-13H2,1-4H3,(H2,16,17,18);1H. The number of rotatable bonds is 7. The zero-order chi connectivity index (χ0) is 14.8. The molecule has 126 valence electrons. The van der Waals surface area contributed by atoms with E-state index in [4.69, 9.17) is 4.74 Å². The highest BCUT2D eigenvalue weighted by Crippen LogP contribution is 2.19. The molecule has 21 heavy (non-hydrogen) atoms. The number of hydrogen-bond acceptors (Lipinski definition) is 3. The molecule has 0 amide bonds. The summed E-state index contributed by atoms with van der Waals surface area (Å²) in [7, 11) is 3.55. The largest absolute Gasteiger partial charge is 0.385 e. The summed E-state index contributed by atoms with van der Waals surface area (Å²) in [5.41, 5.74) is 0.171. The van der Waals surface area contributed by atoms with Crippen LogP contribution in [-0.2, 0) is 4.74 Å². The zero-order valence-corrected chi connectivity index (χ0v) is 16.4. The van der Waals surface area contributed by atoms with Crippen molar-refractivity contribution in [2.75, 3.05) is 46.9 Å². The Kier molecular flexibility index (Phi) is 11.4. The van der Waals surface area contributed by atoms with Crippen molar-refractivity contribution in [2.24, 2.45) is 4.99 Å². The molecule has 0 atom stereocenters. The molecule has 0 aliphatic carbocycles. The van der Waals surface area contributed by atoms with Gasteiger partial charge in [0.25, 0.3) is 0 Å². The maximum Gasteiger partial charge on any atom is 0.191 e. The number of likely N-dealkylation sites (tertiary alicyclic amines) is 1. The fourth-order valence-electron chi connectivity index (χ4n) is 2.55. The maximum absolute atomic E-state index is 5.04. The van der Waals surface area contributed by atoms with Crippen LogP contribution in [0.1, 0.15) is 39.5 Å². The Morgan fingerprint density at radius 2 is 1.86 bits per heavy atom. The normalized spacial score (nSPS) is 17.2. The molecule has 5 nitrogen and oxygen atoms in total. The average molecular weight is 412 g/mol. The summed E-state index contributed by atoms with van der Waals surface area (Å²) in [4.78, 5) is 6.85. The molecule has 0 saturated carbocycles. The minimum absolute atomic E-state index is 0. The van der Waals surface area contributed by atoms with Gasteiger partial charge in [0, 0.05) is 39.4 Å². The molecule has 0 aromatic heterocycles. The fourth-order valence-corrected chi connectivity index (χ4v) is 2.55. The van der Waals surface area contributed by atoms with E-state index in [2.05, 4.69) is 34.4 Å². The number of guanidine groups is 1. The smallest absolute Gasteiger partial charge is 0.191 e. The third kappa shape index (κ3) is 8.21. The van der Waals surface area contributed by atoms with Crippen LogP contribution < -0.4 is 10.6 Å². The van der Waals surface area contributed by atoms with Gasteiger partial charge in [-0.15, -0.1) is 24.0 Å². The molecule has 1 heterocycles. The molecule has 0 spiro atoms. The van der Waals surface area contributed by atoms with Gasteiger partial charge in [0.15, 0.2) is 5.96 Å². The Bertz CT molecular complexity index is 291. The highest BCUT2D eigenvalue weighted by Gasteiger charge is 2.27. The molecule has 0 aromatic carbocycles. The number of piperidine rings is 1. The Morgan fingerprint density at radius 1 is 1.19 bits per heavy atom. The Hall–Kier alpha value is -0.0800. The van der Waals surface area contributed by atoms with E-state index in [0.717, 1.165) is 32.1 Å². The van der Waals surface area contributed by atoms with Gasteiger partial charge in [-0.1, -0.05) is 6.42 Å². The number of nitrogens with zero attached hydrogens (tertiary/aromatic N) is 2. The molecule has 1 saturated heterocycles. The molecule has 0 bridgehead atoms. The van der Waals surface area contributed by atoms with Gasteiger partial charge >= 0.3 is 0 Å². The second-order valence-corrected chi connectivity index (χ2v) is 6.06. The topological polar surface area (TPSA) is 48.9 Å². The first-order valence-electron chi connectivity index (χ1n) is 7.78. The van der Waals surface area contributed by atoms with Crippen LogP contribution in [0.15, 0.2) is 4.99 Å². The van der Waals surface area contributed by atoms with Crippen LogP contribution in [-0.4, -0.2) is 63.3 Å². The summed E-state index contributed by atoms with van der Waals surface area (Å²) in [6, 6.07) is 0. The summed E-state index contributed by atoms with van der Waals surface area (Å²) in [6.45, 7) is 9.63. The molecule has 1 fully saturated rings. The minimum Gasteiger partial charge on any atom is -0.385 e. The van der Waals surface area contributed by atoms with Gasteiger partial charge in [-0.05, 0) is 46.2 Å². The highest BCUT2D eigenvalue weighted by molar-refractivity contribution is 14.0. The number of ether oxygens (including phenoxy) is 1. The van der Waals surface area contributed by atoms with E-state index in [1.54, 1.807) is 7.11 Å². The molecule has 0 aromatic rings. The van der Waals surface area contributed by atoms with Crippen LogP contribution in [0.5, 0.6) is 0 Å². The average Bonchev–Trinajstić information content (AvgIpc) is 2.47. The second kappa shape index (κ2) is 11.5. The van der Waals surface area contributed by atoms with Gasteiger partial charge in [0.1, 0.15) is 0 Å². The van der Waals surface area contributed by atoms with E-state index in [1.807, 2.05) is 7.05 Å². The van der Waals surface area contributed by atoms with Gasteiger partial charge in [0.2, 0.25) is 0 Å². The van der Waals surface area contributed by atoms with Crippen LogP contribution in [0.4, 0.5) is 0 Å². The van der Waals surface area contributed by atoms with Crippen molar-refractivity contribution in [2.45, 2.75) is 45.1 Å². The van der Waals surface area contributed by atoms with Crippen molar-refractivity contribution in [3.05, 3.63) is 0 Å². The van der Waals surface area contributed by atoms with E-state index in [0.29, 0.717) is 0 Å². The predicted octanol–water partition coefficient (Wildman–Crippen LogP) is 2.07. The molecule has 1 aliphatic heterocycles. The van der Waals surface area contributed by atoms with E-state index < -0.39 is 0 Å². The lowest BCUT2D eigenvalue weighted by molar-refractivity contribution is 0.0982. The maximum atomic E-state index is 5.04. The first kappa shape index (κ1) is 20.9. The molecule has 0 radical (unpaired) electrons. The minimum atomic E-state index is 0. The summed E-state index contributed by atoms with van der Waals surface area (Å²) < 4.78 is 5.04. The lowest BCUT2D eigenvalue weighted by Gasteiger charge is -2.41. The van der Waals surface area contributed by atoms with E-state index in [1.165, 1.54) is 32.4 Å². The van der Waals surface area contributed by atoms with Crippen LogP contribution in [0.3, 0.4) is 0 Å². The lowest BCUT2D eigenvalue weighted by atomic mass is 9.98. The molecule has 2 N–H and O–H groups in total. The van der Waals surface area contributed by atoms with E-state index in [-0.39, 0.29) is 29.5 Å². The first-order valence-corrected chi connectivity index (χ1v) is 7.78. The van der Waals surface area contributed by atoms with Crippen LogP contribution in [0.2, 0.25) is 0 Å². The highest BCUT2D eigenvalue weighted by atomic mass is 127.